The zero-order valence-corrected chi connectivity index (χ0v) is 9.47. The van der Waals surface area contributed by atoms with Gasteiger partial charge in [-0.1, -0.05) is 18.2 Å². The zero-order valence-electron chi connectivity index (χ0n) is 9.47. The average molecular weight is 227 g/mol. The molecule has 0 saturated heterocycles. The summed E-state index contributed by atoms with van der Waals surface area (Å²) in [5.74, 6) is 0. The summed E-state index contributed by atoms with van der Waals surface area (Å²) in [6.45, 7) is 1.88. The molecular formula is C13H13N3O. The Kier molecular flexibility index (Phi) is 3.35. The number of carbonyl (C=O) groups excluding carboxylic acids is 1. The summed E-state index contributed by atoms with van der Waals surface area (Å²) in [6, 6.07) is 12.6. The summed E-state index contributed by atoms with van der Waals surface area (Å²) in [5.41, 5.74) is 2.35. The van der Waals surface area contributed by atoms with E-state index in [4.69, 9.17) is 0 Å². The summed E-state index contributed by atoms with van der Waals surface area (Å²) >= 11 is 0. The molecule has 0 unspecified atom stereocenters. The normalized spacial score (nSPS) is 9.71. The lowest BCUT2D eigenvalue weighted by molar-refractivity contribution is 0.262. The minimum atomic E-state index is -0.262. The highest BCUT2D eigenvalue weighted by atomic mass is 16.2. The van der Waals surface area contributed by atoms with Gasteiger partial charge < -0.3 is 10.6 Å². The number of hydrogen-bond acceptors (Lipinski definition) is 2. The van der Waals surface area contributed by atoms with Gasteiger partial charge in [0.05, 0.1) is 0 Å². The van der Waals surface area contributed by atoms with E-state index >= 15 is 0 Å². The molecule has 4 heteroatoms. The number of anilines is 2. The lowest BCUT2D eigenvalue weighted by Crippen LogP contribution is -2.19. The Morgan fingerprint density at radius 1 is 1.06 bits per heavy atom. The second kappa shape index (κ2) is 5.12. The SMILES string of the molecule is Cc1cc(NC(=O)Nc2ccccc2)ccn1. The number of nitrogens with one attached hydrogen (secondary N) is 2. The third-order valence-electron chi connectivity index (χ3n) is 2.19. The fourth-order valence-electron chi connectivity index (χ4n) is 1.44. The summed E-state index contributed by atoms with van der Waals surface area (Å²) in [7, 11) is 0. The molecule has 4 nitrogen and oxygen atoms in total. The number of para-hydroxylation sites is 1. The van der Waals surface area contributed by atoms with Gasteiger partial charge in [-0.25, -0.2) is 4.79 Å². The van der Waals surface area contributed by atoms with Gasteiger partial charge in [-0.15, -0.1) is 0 Å². The van der Waals surface area contributed by atoms with Crippen molar-refractivity contribution in [3.63, 3.8) is 0 Å². The highest BCUT2D eigenvalue weighted by Gasteiger charge is 2.01. The van der Waals surface area contributed by atoms with Gasteiger partial charge >= 0.3 is 6.03 Å². The number of carbonyl (C=O) groups is 1. The smallest absolute Gasteiger partial charge is 0.308 e. The highest BCUT2D eigenvalue weighted by Crippen LogP contribution is 2.09. The Bertz CT molecular complexity index is 511. The van der Waals surface area contributed by atoms with Crippen molar-refractivity contribution in [1.82, 2.24) is 4.98 Å². The largest absolute Gasteiger partial charge is 0.323 e. The molecule has 1 aromatic heterocycles. The van der Waals surface area contributed by atoms with Crippen LogP contribution in [-0.2, 0) is 0 Å². The predicted octanol–water partition coefficient (Wildman–Crippen LogP) is 3.03. The molecule has 86 valence electrons. The molecule has 0 radical (unpaired) electrons. The van der Waals surface area contributed by atoms with E-state index in [0.717, 1.165) is 17.1 Å². The molecule has 0 fully saturated rings. The Hall–Kier alpha value is -2.36. The zero-order chi connectivity index (χ0) is 12.1. The first-order chi connectivity index (χ1) is 8.24. The molecule has 0 aliphatic heterocycles. The van der Waals surface area contributed by atoms with E-state index in [1.165, 1.54) is 0 Å². The number of urea groups is 1. The van der Waals surface area contributed by atoms with Gasteiger partial charge in [0.25, 0.3) is 0 Å². The topological polar surface area (TPSA) is 54.0 Å². The maximum absolute atomic E-state index is 11.7. The van der Waals surface area contributed by atoms with Crippen LogP contribution in [0.1, 0.15) is 5.69 Å². The summed E-state index contributed by atoms with van der Waals surface area (Å²) < 4.78 is 0. The number of amides is 2. The highest BCUT2D eigenvalue weighted by molar-refractivity contribution is 5.99. The maximum atomic E-state index is 11.7. The van der Waals surface area contributed by atoms with Gasteiger partial charge in [0.15, 0.2) is 0 Å². The van der Waals surface area contributed by atoms with Crippen LogP contribution in [0.4, 0.5) is 16.2 Å². The summed E-state index contributed by atoms with van der Waals surface area (Å²) in [5, 5.41) is 5.48. The predicted molar refractivity (Wildman–Crippen MR) is 68.1 cm³/mol. The van der Waals surface area contributed by atoms with Crippen LogP contribution < -0.4 is 10.6 Å². The van der Waals surface area contributed by atoms with Gasteiger partial charge in [-0.05, 0) is 31.2 Å². The van der Waals surface area contributed by atoms with Crippen LogP contribution >= 0.6 is 0 Å². The minimum Gasteiger partial charge on any atom is -0.308 e. The van der Waals surface area contributed by atoms with Gasteiger partial charge in [-0.2, -0.15) is 0 Å². The fourth-order valence-corrected chi connectivity index (χ4v) is 1.44. The number of aryl methyl sites for hydroxylation is 1. The first-order valence-corrected chi connectivity index (χ1v) is 5.30. The van der Waals surface area contributed by atoms with Gasteiger partial charge in [-0.3, -0.25) is 4.98 Å². The number of hydrogen-bond donors (Lipinski definition) is 2. The van der Waals surface area contributed by atoms with Crippen molar-refractivity contribution in [2.75, 3.05) is 10.6 Å². The molecule has 17 heavy (non-hydrogen) atoms. The van der Waals surface area contributed by atoms with E-state index in [1.807, 2.05) is 43.3 Å². The molecule has 2 amide bonds. The van der Waals surface area contributed by atoms with E-state index in [-0.39, 0.29) is 6.03 Å². The molecule has 2 N–H and O–H groups in total. The van der Waals surface area contributed by atoms with Crippen LogP contribution in [0, 0.1) is 6.92 Å². The lowest BCUT2D eigenvalue weighted by Gasteiger charge is -2.07. The van der Waals surface area contributed by atoms with Crippen LogP contribution in [0.15, 0.2) is 48.7 Å². The quantitative estimate of drug-likeness (QED) is 0.828. The van der Waals surface area contributed by atoms with Crippen molar-refractivity contribution < 1.29 is 4.79 Å². The van der Waals surface area contributed by atoms with Crippen molar-refractivity contribution in [1.29, 1.82) is 0 Å². The van der Waals surface area contributed by atoms with Gasteiger partial charge in [0.2, 0.25) is 0 Å². The maximum Gasteiger partial charge on any atom is 0.323 e. The van der Waals surface area contributed by atoms with E-state index < -0.39 is 0 Å². The average Bonchev–Trinajstić information content (AvgIpc) is 2.30. The summed E-state index contributed by atoms with van der Waals surface area (Å²) in [6.07, 6.45) is 1.66. The van der Waals surface area contributed by atoms with E-state index in [0.29, 0.717) is 0 Å². The van der Waals surface area contributed by atoms with Gasteiger partial charge in [0.1, 0.15) is 0 Å². The standard InChI is InChI=1S/C13H13N3O/c1-10-9-12(7-8-14-10)16-13(17)15-11-5-3-2-4-6-11/h2-9H,1H3,(H2,14,15,16,17). The van der Waals surface area contributed by atoms with E-state index in [1.54, 1.807) is 12.3 Å². The third-order valence-corrected chi connectivity index (χ3v) is 2.19. The molecular weight excluding hydrogens is 214 g/mol. The van der Waals surface area contributed by atoms with Crippen molar-refractivity contribution in [3.05, 3.63) is 54.4 Å². The van der Waals surface area contributed by atoms with Crippen molar-refractivity contribution >= 4 is 17.4 Å². The second-order valence-electron chi connectivity index (χ2n) is 3.63. The third kappa shape index (κ3) is 3.31. The Labute approximate surface area is 99.7 Å². The van der Waals surface area contributed by atoms with E-state index in [2.05, 4.69) is 15.6 Å². The van der Waals surface area contributed by atoms with Crippen molar-refractivity contribution in [2.45, 2.75) is 6.92 Å². The lowest BCUT2D eigenvalue weighted by atomic mass is 10.3. The Morgan fingerprint density at radius 2 is 1.76 bits per heavy atom. The molecule has 2 rings (SSSR count). The van der Waals surface area contributed by atoms with Crippen LogP contribution in [0.2, 0.25) is 0 Å². The summed E-state index contributed by atoms with van der Waals surface area (Å²) in [4.78, 5) is 15.7. The van der Waals surface area contributed by atoms with E-state index in [9.17, 15) is 4.79 Å². The van der Waals surface area contributed by atoms with Gasteiger partial charge in [0, 0.05) is 23.3 Å². The molecule has 1 aromatic carbocycles. The molecule has 0 bridgehead atoms. The molecule has 0 saturated carbocycles. The van der Waals surface area contributed by atoms with Crippen LogP contribution in [0.3, 0.4) is 0 Å². The second-order valence-corrected chi connectivity index (χ2v) is 3.63. The Morgan fingerprint density at radius 3 is 2.47 bits per heavy atom. The molecule has 1 heterocycles. The van der Waals surface area contributed by atoms with Crippen molar-refractivity contribution in [3.8, 4) is 0 Å². The number of benzene rings is 1. The van der Waals surface area contributed by atoms with Crippen LogP contribution in [0.25, 0.3) is 0 Å². The molecule has 0 aliphatic carbocycles. The molecule has 0 spiro atoms. The molecule has 0 aliphatic rings. The van der Waals surface area contributed by atoms with Crippen molar-refractivity contribution in [2.24, 2.45) is 0 Å². The minimum absolute atomic E-state index is 0.262. The monoisotopic (exact) mass is 227 g/mol. The Balaban J connectivity index is 1.98. The number of pyridine rings is 1. The first-order valence-electron chi connectivity index (χ1n) is 5.30. The number of aromatic nitrogens is 1. The van der Waals surface area contributed by atoms with Crippen LogP contribution in [0.5, 0.6) is 0 Å². The molecule has 0 atom stereocenters. The fraction of sp³-hybridized carbons (Fsp3) is 0.0769. The first kappa shape index (κ1) is 11.1. The number of rotatable bonds is 2. The van der Waals surface area contributed by atoms with Crippen LogP contribution in [-0.4, -0.2) is 11.0 Å². The number of nitrogens with zero attached hydrogens (tertiary/aromatic N) is 1. The molecule has 2 aromatic rings.